The number of guanidine groups is 1. The summed E-state index contributed by atoms with van der Waals surface area (Å²) >= 11 is 1.22. The predicted octanol–water partition coefficient (Wildman–Crippen LogP) is 0.323. The largest absolute Gasteiger partial charge is 0.355 e. The average Bonchev–Trinajstić information content (AvgIpc) is 2.95. The summed E-state index contributed by atoms with van der Waals surface area (Å²) in [5, 5.41) is 6.06. The van der Waals surface area contributed by atoms with Crippen LogP contribution in [0, 0.1) is 6.92 Å². The van der Waals surface area contributed by atoms with Gasteiger partial charge in [0.15, 0.2) is 5.96 Å². The predicted molar refractivity (Wildman–Crippen MR) is 103 cm³/mol. The van der Waals surface area contributed by atoms with Crippen LogP contribution >= 0.6 is 11.3 Å². The maximum Gasteiger partial charge on any atom is 0.250 e. The smallest absolute Gasteiger partial charge is 0.250 e. The summed E-state index contributed by atoms with van der Waals surface area (Å²) in [6.07, 6.45) is 1.66. The zero-order chi connectivity index (χ0) is 19.1. The Balaban J connectivity index is 2.38. The Labute approximate surface area is 154 Å². The van der Waals surface area contributed by atoms with Crippen molar-refractivity contribution in [1.29, 1.82) is 0 Å². The van der Waals surface area contributed by atoms with Crippen LogP contribution in [0.15, 0.2) is 21.3 Å². The molecule has 3 N–H and O–H groups in total. The molecular weight excluding hydrogens is 384 g/mol. The molecule has 0 fully saturated rings. The summed E-state index contributed by atoms with van der Waals surface area (Å²) in [4.78, 5) is 4.97. The number of hydrogen-bond donors (Lipinski definition) is 3. The molecule has 0 bridgehead atoms. The second-order valence-electron chi connectivity index (χ2n) is 5.73. The highest BCUT2D eigenvalue weighted by atomic mass is 32.2. The van der Waals surface area contributed by atoms with E-state index in [0.717, 1.165) is 4.88 Å². The lowest BCUT2D eigenvalue weighted by Crippen LogP contribution is -2.45. The normalized spacial score (nSPS) is 14.3. The molecule has 1 rings (SSSR count). The molecule has 0 aromatic carbocycles. The van der Waals surface area contributed by atoms with Crippen molar-refractivity contribution in [3.8, 4) is 0 Å². The molecule has 0 radical (unpaired) electrons. The van der Waals surface area contributed by atoms with Gasteiger partial charge in [-0.3, -0.25) is 4.99 Å². The average molecular weight is 411 g/mol. The van der Waals surface area contributed by atoms with Crippen LogP contribution in [0.5, 0.6) is 0 Å². The van der Waals surface area contributed by atoms with Crippen LogP contribution in [-0.4, -0.2) is 61.0 Å². The highest BCUT2D eigenvalue weighted by Gasteiger charge is 2.15. The summed E-state index contributed by atoms with van der Waals surface area (Å²) in [6, 6.07) is 3.27. The van der Waals surface area contributed by atoms with Gasteiger partial charge in [-0.2, -0.15) is 0 Å². The summed E-state index contributed by atoms with van der Waals surface area (Å²) < 4.78 is 49.3. The van der Waals surface area contributed by atoms with E-state index < -0.39 is 19.9 Å². The first-order valence-electron chi connectivity index (χ1n) is 7.74. The van der Waals surface area contributed by atoms with E-state index in [1.165, 1.54) is 17.6 Å². The minimum atomic E-state index is -3.49. The Bertz CT molecular complexity index is 785. The molecule has 1 heterocycles. The zero-order valence-corrected chi connectivity index (χ0v) is 17.3. The molecule has 25 heavy (non-hydrogen) atoms. The first-order valence-corrected chi connectivity index (χ1v) is 12.1. The molecule has 8 nitrogen and oxygen atoms in total. The number of rotatable bonds is 9. The van der Waals surface area contributed by atoms with Crippen molar-refractivity contribution in [2.24, 2.45) is 4.99 Å². The monoisotopic (exact) mass is 410 g/mol. The summed E-state index contributed by atoms with van der Waals surface area (Å²) in [6.45, 7) is 4.27. The number of sulfonamides is 1. The molecule has 144 valence electrons. The van der Waals surface area contributed by atoms with E-state index in [-0.39, 0.29) is 18.3 Å². The highest BCUT2D eigenvalue weighted by molar-refractivity contribution is 7.91. The fraction of sp³-hybridized carbons (Fsp3) is 0.643. The summed E-state index contributed by atoms with van der Waals surface area (Å²) in [7, 11) is -4.90. The van der Waals surface area contributed by atoms with Gasteiger partial charge in [0.1, 0.15) is 14.0 Å². The van der Waals surface area contributed by atoms with Gasteiger partial charge in [-0.25, -0.2) is 21.6 Å². The second-order valence-corrected chi connectivity index (χ2v) is 11.3. The Morgan fingerprint density at radius 1 is 1.24 bits per heavy atom. The summed E-state index contributed by atoms with van der Waals surface area (Å²) in [5.74, 6) is 0.588. The molecule has 11 heteroatoms. The lowest BCUT2D eigenvalue weighted by Gasteiger charge is -2.17. The Hall–Kier alpha value is -1.17. The van der Waals surface area contributed by atoms with E-state index in [2.05, 4.69) is 20.3 Å². The van der Waals surface area contributed by atoms with Crippen LogP contribution in [-0.2, 0) is 19.9 Å². The van der Waals surface area contributed by atoms with Crippen molar-refractivity contribution < 1.29 is 16.8 Å². The molecule has 1 aromatic rings. The lowest BCUT2D eigenvalue weighted by molar-refractivity contribution is 0.578. The van der Waals surface area contributed by atoms with Crippen molar-refractivity contribution in [1.82, 2.24) is 15.4 Å². The third-order valence-electron chi connectivity index (χ3n) is 3.22. The third-order valence-corrected chi connectivity index (χ3v) is 7.15. The number of sulfone groups is 1. The van der Waals surface area contributed by atoms with Crippen LogP contribution in [0.1, 0.15) is 18.2 Å². The molecule has 0 aliphatic carbocycles. The fourth-order valence-electron chi connectivity index (χ4n) is 1.89. The van der Waals surface area contributed by atoms with E-state index >= 15 is 0 Å². The number of aliphatic imine (C=N–C) groups is 1. The summed E-state index contributed by atoms with van der Waals surface area (Å²) in [5.41, 5.74) is 0. The molecule has 0 amide bonds. The van der Waals surface area contributed by atoms with Gasteiger partial charge in [-0.15, -0.1) is 11.3 Å². The van der Waals surface area contributed by atoms with Crippen molar-refractivity contribution in [2.45, 2.75) is 30.5 Å². The van der Waals surface area contributed by atoms with E-state index in [0.29, 0.717) is 23.1 Å². The fourth-order valence-corrected chi connectivity index (χ4v) is 5.03. The zero-order valence-electron chi connectivity index (χ0n) is 14.9. The van der Waals surface area contributed by atoms with Crippen molar-refractivity contribution in [3.63, 3.8) is 0 Å². The maximum atomic E-state index is 12.1. The molecule has 1 atom stereocenters. The van der Waals surface area contributed by atoms with E-state index in [1.54, 1.807) is 19.2 Å². The topological polar surface area (TPSA) is 117 Å². The van der Waals surface area contributed by atoms with Gasteiger partial charge in [0.05, 0.1) is 5.75 Å². The van der Waals surface area contributed by atoms with Crippen molar-refractivity contribution >= 4 is 37.2 Å². The van der Waals surface area contributed by atoms with Gasteiger partial charge < -0.3 is 10.6 Å². The minimum absolute atomic E-state index is 0.0771. The third kappa shape index (κ3) is 8.66. The number of thiophene rings is 1. The van der Waals surface area contributed by atoms with Gasteiger partial charge in [0.2, 0.25) is 10.0 Å². The van der Waals surface area contributed by atoms with Gasteiger partial charge in [-0.1, -0.05) is 0 Å². The van der Waals surface area contributed by atoms with Crippen LogP contribution in [0.4, 0.5) is 0 Å². The van der Waals surface area contributed by atoms with E-state index in [1.807, 2.05) is 13.8 Å². The van der Waals surface area contributed by atoms with Gasteiger partial charge in [0, 0.05) is 37.3 Å². The maximum absolute atomic E-state index is 12.1. The van der Waals surface area contributed by atoms with Crippen molar-refractivity contribution in [2.75, 3.05) is 32.1 Å². The second kappa shape index (κ2) is 9.51. The highest BCUT2D eigenvalue weighted by Crippen LogP contribution is 2.19. The van der Waals surface area contributed by atoms with Gasteiger partial charge >= 0.3 is 0 Å². The first kappa shape index (κ1) is 21.9. The van der Waals surface area contributed by atoms with Crippen molar-refractivity contribution in [3.05, 3.63) is 17.0 Å². The van der Waals surface area contributed by atoms with Crippen LogP contribution in [0.25, 0.3) is 0 Å². The molecule has 0 saturated heterocycles. The molecule has 0 spiro atoms. The van der Waals surface area contributed by atoms with E-state index in [4.69, 9.17) is 0 Å². The number of aryl methyl sites for hydroxylation is 1. The standard InChI is InChI=1S/C14H26N4O4S3/c1-11(7-10-24(4,19)20)18-14(15-3)16-8-9-17-25(21,22)13-6-5-12(2)23-13/h5-6,11,17H,7-10H2,1-4H3,(H2,15,16,18). The van der Waals surface area contributed by atoms with Gasteiger partial charge in [0.25, 0.3) is 0 Å². The van der Waals surface area contributed by atoms with E-state index in [9.17, 15) is 16.8 Å². The Morgan fingerprint density at radius 3 is 2.44 bits per heavy atom. The molecule has 1 aromatic heterocycles. The molecule has 0 saturated carbocycles. The molecule has 1 unspecified atom stereocenters. The minimum Gasteiger partial charge on any atom is -0.355 e. The Kier molecular flexibility index (Phi) is 8.32. The Morgan fingerprint density at radius 2 is 1.92 bits per heavy atom. The van der Waals surface area contributed by atoms with Crippen LogP contribution in [0.3, 0.4) is 0 Å². The van der Waals surface area contributed by atoms with Gasteiger partial charge in [-0.05, 0) is 32.4 Å². The van der Waals surface area contributed by atoms with Crippen LogP contribution < -0.4 is 15.4 Å². The SMILES string of the molecule is CN=C(NCCNS(=O)(=O)c1ccc(C)s1)NC(C)CCS(C)(=O)=O. The van der Waals surface area contributed by atoms with Crippen LogP contribution in [0.2, 0.25) is 0 Å². The number of nitrogens with one attached hydrogen (secondary N) is 3. The molecule has 0 aliphatic heterocycles. The lowest BCUT2D eigenvalue weighted by atomic mass is 10.3. The quantitative estimate of drug-likeness (QED) is 0.307. The molecular formula is C14H26N4O4S3. The number of hydrogen-bond acceptors (Lipinski definition) is 6. The number of nitrogens with zero attached hydrogens (tertiary/aromatic N) is 1. The first-order chi connectivity index (χ1) is 11.5. The molecule has 0 aliphatic rings.